The van der Waals surface area contributed by atoms with Gasteiger partial charge >= 0.3 is 6.09 Å². The second kappa shape index (κ2) is 6.05. The van der Waals surface area contributed by atoms with E-state index in [1.54, 1.807) is 0 Å². The van der Waals surface area contributed by atoms with Crippen LogP contribution in [0.1, 0.15) is 11.1 Å². The van der Waals surface area contributed by atoms with Gasteiger partial charge in [0.2, 0.25) is 0 Å². The van der Waals surface area contributed by atoms with Gasteiger partial charge in [0, 0.05) is 12.2 Å². The molecule has 1 aromatic rings. The Bertz CT molecular complexity index is 435. The molecule has 0 fully saturated rings. The maximum atomic E-state index is 10.3. The lowest BCUT2D eigenvalue weighted by Gasteiger charge is -2.12. The van der Waals surface area contributed by atoms with Gasteiger partial charge in [-0.15, -0.1) is 0 Å². The summed E-state index contributed by atoms with van der Waals surface area (Å²) in [6.45, 7) is 2.32. The fourth-order valence-corrected chi connectivity index (χ4v) is 1.64. The molecule has 5 N–H and O–H groups in total. The largest absolute Gasteiger partial charge is 0.465 e. The van der Waals surface area contributed by atoms with E-state index in [1.165, 1.54) is 0 Å². The summed E-state index contributed by atoms with van der Waals surface area (Å²) in [6.07, 6.45) is -0.384. The van der Waals surface area contributed by atoms with Crippen LogP contribution in [0.3, 0.4) is 0 Å². The Hall–Kier alpha value is -1.82. The van der Waals surface area contributed by atoms with E-state index in [0.717, 1.165) is 16.8 Å². The van der Waals surface area contributed by atoms with Crippen molar-refractivity contribution in [1.82, 2.24) is 5.32 Å². The van der Waals surface area contributed by atoms with Crippen molar-refractivity contribution in [2.45, 2.75) is 13.3 Å². The molecule has 1 rings (SSSR count). The van der Waals surface area contributed by atoms with Crippen LogP contribution < -0.4 is 16.4 Å². The number of carbonyl (C=O) groups is 1. The van der Waals surface area contributed by atoms with Gasteiger partial charge in [-0.05, 0) is 42.8 Å². The predicted molar refractivity (Wildman–Crippen MR) is 71.3 cm³/mol. The van der Waals surface area contributed by atoms with Gasteiger partial charge in [-0.2, -0.15) is 0 Å². The van der Waals surface area contributed by atoms with Crippen LogP contribution in [0.15, 0.2) is 18.2 Å². The van der Waals surface area contributed by atoms with E-state index in [2.05, 4.69) is 10.6 Å². The molecular formula is C11H15N3O2S. The van der Waals surface area contributed by atoms with Crippen molar-refractivity contribution in [1.29, 1.82) is 0 Å². The van der Waals surface area contributed by atoms with E-state index in [9.17, 15) is 4.79 Å². The van der Waals surface area contributed by atoms with Crippen molar-refractivity contribution in [3.63, 3.8) is 0 Å². The van der Waals surface area contributed by atoms with Crippen LogP contribution in [0.5, 0.6) is 0 Å². The molecule has 0 saturated heterocycles. The molecule has 6 heteroatoms. The fourth-order valence-electron chi connectivity index (χ4n) is 1.53. The summed E-state index contributed by atoms with van der Waals surface area (Å²) >= 11 is 4.78. The fraction of sp³-hybridized carbons (Fsp3) is 0.273. The molecule has 0 aliphatic carbocycles. The summed E-state index contributed by atoms with van der Waals surface area (Å²) in [5.74, 6) is 0. The van der Waals surface area contributed by atoms with Crippen molar-refractivity contribution in [3.05, 3.63) is 29.3 Å². The van der Waals surface area contributed by atoms with Gasteiger partial charge < -0.3 is 21.5 Å². The van der Waals surface area contributed by atoms with Crippen molar-refractivity contribution in [2.75, 3.05) is 11.9 Å². The molecule has 0 spiro atoms. The van der Waals surface area contributed by atoms with E-state index < -0.39 is 6.09 Å². The van der Waals surface area contributed by atoms with Crippen LogP contribution in [0.25, 0.3) is 0 Å². The molecule has 0 unspecified atom stereocenters. The zero-order chi connectivity index (χ0) is 12.8. The molecule has 17 heavy (non-hydrogen) atoms. The molecule has 0 atom stereocenters. The third-order valence-corrected chi connectivity index (χ3v) is 2.48. The maximum Gasteiger partial charge on any atom is 0.404 e. The minimum atomic E-state index is -1.01. The van der Waals surface area contributed by atoms with Gasteiger partial charge in [-0.1, -0.05) is 12.1 Å². The highest BCUT2D eigenvalue weighted by atomic mass is 32.1. The number of benzene rings is 1. The summed E-state index contributed by atoms with van der Waals surface area (Å²) in [5, 5.41) is 13.9. The lowest BCUT2D eigenvalue weighted by atomic mass is 10.0. The third-order valence-electron chi connectivity index (χ3n) is 2.37. The van der Waals surface area contributed by atoms with Crippen LogP contribution >= 0.6 is 12.2 Å². The summed E-state index contributed by atoms with van der Waals surface area (Å²) in [5.41, 5.74) is 8.34. The molecule has 0 bridgehead atoms. The Balaban J connectivity index is 2.72. The van der Waals surface area contributed by atoms with E-state index in [0.29, 0.717) is 13.0 Å². The number of carboxylic acid groups (broad SMARTS) is 1. The number of amides is 1. The van der Waals surface area contributed by atoms with Gasteiger partial charge in [0.05, 0.1) is 0 Å². The predicted octanol–water partition coefficient (Wildman–Crippen LogP) is 1.46. The van der Waals surface area contributed by atoms with Crippen LogP contribution in [-0.2, 0) is 6.42 Å². The molecule has 5 nitrogen and oxygen atoms in total. The number of anilines is 1. The number of rotatable bonds is 4. The molecule has 0 heterocycles. The Kier molecular flexibility index (Phi) is 4.71. The maximum absolute atomic E-state index is 10.3. The second-order valence-electron chi connectivity index (χ2n) is 3.56. The molecule has 1 aromatic carbocycles. The van der Waals surface area contributed by atoms with Crippen LogP contribution in [0.2, 0.25) is 0 Å². The standard InChI is InChI=1S/C11H15N3O2S/c1-7-8(5-6-13-11(15)16)3-2-4-9(7)14-10(12)17/h2-4,13H,5-6H2,1H3,(H,15,16)(H3,12,14,17). The minimum absolute atomic E-state index is 0.217. The summed E-state index contributed by atoms with van der Waals surface area (Å²) in [4.78, 5) is 10.3. The number of hydrogen-bond acceptors (Lipinski definition) is 2. The van der Waals surface area contributed by atoms with Gasteiger partial charge in [-0.3, -0.25) is 0 Å². The first-order valence-corrected chi connectivity index (χ1v) is 5.53. The highest BCUT2D eigenvalue weighted by molar-refractivity contribution is 7.80. The van der Waals surface area contributed by atoms with Crippen molar-refractivity contribution >= 4 is 29.1 Å². The highest BCUT2D eigenvalue weighted by Gasteiger charge is 2.04. The Morgan fingerprint density at radius 1 is 1.53 bits per heavy atom. The molecule has 0 aromatic heterocycles. The zero-order valence-corrected chi connectivity index (χ0v) is 10.3. The molecule has 1 amide bonds. The quantitative estimate of drug-likeness (QED) is 0.610. The normalized spacial score (nSPS) is 9.71. The average molecular weight is 253 g/mol. The first-order valence-electron chi connectivity index (χ1n) is 5.12. The van der Waals surface area contributed by atoms with Crippen molar-refractivity contribution in [3.8, 4) is 0 Å². The molecule has 0 aliphatic heterocycles. The van der Waals surface area contributed by atoms with Gasteiger partial charge in [-0.25, -0.2) is 4.79 Å². The Morgan fingerprint density at radius 2 is 2.24 bits per heavy atom. The SMILES string of the molecule is Cc1c(CCNC(=O)O)cccc1NC(N)=S. The van der Waals surface area contributed by atoms with E-state index in [-0.39, 0.29) is 5.11 Å². The monoisotopic (exact) mass is 253 g/mol. The summed E-state index contributed by atoms with van der Waals surface area (Å²) in [6, 6.07) is 5.70. The molecule has 0 saturated carbocycles. The lowest BCUT2D eigenvalue weighted by Crippen LogP contribution is -2.24. The first kappa shape index (κ1) is 13.2. The molecular weight excluding hydrogens is 238 g/mol. The van der Waals surface area contributed by atoms with Crippen LogP contribution in [-0.4, -0.2) is 22.9 Å². The van der Waals surface area contributed by atoms with Crippen molar-refractivity contribution < 1.29 is 9.90 Å². The van der Waals surface area contributed by atoms with E-state index in [1.807, 2.05) is 25.1 Å². The third kappa shape index (κ3) is 4.28. The van der Waals surface area contributed by atoms with Crippen molar-refractivity contribution in [2.24, 2.45) is 5.73 Å². The smallest absolute Gasteiger partial charge is 0.404 e. The molecule has 0 aliphatic rings. The number of nitrogens with two attached hydrogens (primary N) is 1. The summed E-state index contributed by atoms with van der Waals surface area (Å²) < 4.78 is 0. The average Bonchev–Trinajstić information content (AvgIpc) is 2.22. The molecule has 92 valence electrons. The second-order valence-corrected chi connectivity index (χ2v) is 4.00. The highest BCUT2D eigenvalue weighted by Crippen LogP contribution is 2.18. The van der Waals surface area contributed by atoms with E-state index >= 15 is 0 Å². The topological polar surface area (TPSA) is 87.4 Å². The number of hydrogen-bond donors (Lipinski definition) is 4. The van der Waals surface area contributed by atoms with E-state index in [4.69, 9.17) is 23.1 Å². The molecule has 0 radical (unpaired) electrons. The Morgan fingerprint density at radius 3 is 2.82 bits per heavy atom. The van der Waals surface area contributed by atoms with Gasteiger partial charge in [0.25, 0.3) is 0 Å². The van der Waals surface area contributed by atoms with Crippen LogP contribution in [0.4, 0.5) is 10.5 Å². The van der Waals surface area contributed by atoms with Crippen LogP contribution in [0, 0.1) is 6.92 Å². The number of nitrogens with one attached hydrogen (secondary N) is 2. The zero-order valence-electron chi connectivity index (χ0n) is 9.49. The Labute approximate surface area is 105 Å². The van der Waals surface area contributed by atoms with Gasteiger partial charge in [0.1, 0.15) is 0 Å². The first-order chi connectivity index (χ1) is 8.00. The summed E-state index contributed by atoms with van der Waals surface area (Å²) in [7, 11) is 0. The number of thiocarbonyl (C=S) groups is 1. The minimum Gasteiger partial charge on any atom is -0.465 e. The van der Waals surface area contributed by atoms with Gasteiger partial charge in [0.15, 0.2) is 5.11 Å². The lowest BCUT2D eigenvalue weighted by molar-refractivity contribution is 0.194.